The second-order valence-corrected chi connectivity index (χ2v) is 4.35. The van der Waals surface area contributed by atoms with Crippen molar-refractivity contribution >= 4 is 17.5 Å². The summed E-state index contributed by atoms with van der Waals surface area (Å²) in [7, 11) is 0. The maximum absolute atomic E-state index is 12.0. The van der Waals surface area contributed by atoms with Gasteiger partial charge in [0.25, 0.3) is 5.91 Å². The van der Waals surface area contributed by atoms with Gasteiger partial charge in [-0.15, -0.1) is 0 Å². The first kappa shape index (κ1) is 13.5. The van der Waals surface area contributed by atoms with Crippen LogP contribution in [0.1, 0.15) is 28.8 Å². The van der Waals surface area contributed by atoms with Gasteiger partial charge in [-0.25, -0.2) is 9.67 Å². The Labute approximate surface area is 115 Å². The van der Waals surface area contributed by atoms with Crippen molar-refractivity contribution in [1.82, 2.24) is 25.1 Å². The molecule has 2 heterocycles. The van der Waals surface area contributed by atoms with Crippen LogP contribution in [0.2, 0.25) is 5.02 Å². The normalized spacial score (nSPS) is 10.5. The second kappa shape index (κ2) is 5.79. The van der Waals surface area contributed by atoms with E-state index in [-0.39, 0.29) is 5.91 Å². The maximum Gasteiger partial charge on any atom is 0.270 e. The highest BCUT2D eigenvalue weighted by atomic mass is 35.5. The van der Waals surface area contributed by atoms with Crippen molar-refractivity contribution in [3.8, 4) is 0 Å². The van der Waals surface area contributed by atoms with Crippen molar-refractivity contribution in [3.63, 3.8) is 0 Å². The van der Waals surface area contributed by atoms with Crippen molar-refractivity contribution in [2.45, 2.75) is 26.9 Å². The fourth-order valence-corrected chi connectivity index (χ4v) is 1.82. The lowest BCUT2D eigenvalue weighted by Crippen LogP contribution is -2.26. The molecule has 0 atom stereocenters. The average molecular weight is 280 g/mol. The Hall–Kier alpha value is -1.95. The molecule has 0 aromatic carbocycles. The van der Waals surface area contributed by atoms with Gasteiger partial charge in [0.2, 0.25) is 0 Å². The van der Waals surface area contributed by atoms with Gasteiger partial charge in [-0.1, -0.05) is 11.6 Å². The number of amides is 1. The number of hydrogen-bond donors (Lipinski definition) is 1. The summed E-state index contributed by atoms with van der Waals surface area (Å²) >= 11 is 5.96. The molecule has 0 bridgehead atoms. The summed E-state index contributed by atoms with van der Waals surface area (Å²) in [5.41, 5.74) is 0.994. The molecule has 0 unspecified atom stereocenters. The van der Waals surface area contributed by atoms with Gasteiger partial charge in [0, 0.05) is 17.8 Å². The number of aryl methyl sites for hydroxylation is 1. The molecular weight excluding hydrogens is 266 g/mol. The van der Waals surface area contributed by atoms with Crippen LogP contribution in [0.25, 0.3) is 0 Å². The minimum Gasteiger partial charge on any atom is -0.343 e. The van der Waals surface area contributed by atoms with E-state index in [2.05, 4.69) is 20.4 Å². The molecule has 0 radical (unpaired) electrons. The molecule has 2 aromatic rings. The number of nitrogens with one attached hydrogen (secondary N) is 1. The molecule has 100 valence electrons. The van der Waals surface area contributed by atoms with Crippen LogP contribution in [0.15, 0.2) is 18.6 Å². The topological polar surface area (TPSA) is 72.7 Å². The van der Waals surface area contributed by atoms with E-state index in [9.17, 15) is 4.79 Å². The van der Waals surface area contributed by atoms with Crippen LogP contribution in [-0.2, 0) is 13.1 Å². The lowest BCUT2D eigenvalue weighted by Gasteiger charge is -2.08. The quantitative estimate of drug-likeness (QED) is 0.922. The summed E-state index contributed by atoms with van der Waals surface area (Å²) in [4.78, 5) is 20.1. The Morgan fingerprint density at radius 2 is 2.26 bits per heavy atom. The molecule has 7 heteroatoms. The van der Waals surface area contributed by atoms with Gasteiger partial charge in [0.15, 0.2) is 0 Å². The van der Waals surface area contributed by atoms with Crippen LogP contribution in [0, 0.1) is 6.92 Å². The number of pyridine rings is 1. The van der Waals surface area contributed by atoms with E-state index in [0.29, 0.717) is 35.2 Å². The van der Waals surface area contributed by atoms with Gasteiger partial charge < -0.3 is 5.32 Å². The van der Waals surface area contributed by atoms with Gasteiger partial charge in [-0.3, -0.25) is 9.78 Å². The lowest BCUT2D eigenvalue weighted by molar-refractivity contribution is 0.0943. The lowest BCUT2D eigenvalue weighted by atomic mass is 10.2. The first-order chi connectivity index (χ1) is 9.13. The summed E-state index contributed by atoms with van der Waals surface area (Å²) in [5.74, 6) is 0.432. The molecule has 6 nitrogen and oxygen atoms in total. The number of carbonyl (C=O) groups is 1. The molecule has 0 saturated carbocycles. The number of rotatable bonds is 4. The van der Waals surface area contributed by atoms with E-state index in [1.165, 1.54) is 12.5 Å². The second-order valence-electron chi connectivity index (χ2n) is 3.94. The van der Waals surface area contributed by atoms with Crippen molar-refractivity contribution in [2.75, 3.05) is 0 Å². The van der Waals surface area contributed by atoms with Crippen LogP contribution in [0.4, 0.5) is 0 Å². The molecule has 0 aliphatic rings. The predicted molar refractivity (Wildman–Crippen MR) is 70.9 cm³/mol. The van der Waals surface area contributed by atoms with E-state index < -0.39 is 0 Å². The van der Waals surface area contributed by atoms with Gasteiger partial charge in [0.05, 0.1) is 6.54 Å². The van der Waals surface area contributed by atoms with Crippen LogP contribution in [-0.4, -0.2) is 25.7 Å². The van der Waals surface area contributed by atoms with E-state index >= 15 is 0 Å². The zero-order valence-electron chi connectivity index (χ0n) is 10.7. The molecule has 0 aliphatic carbocycles. The summed E-state index contributed by atoms with van der Waals surface area (Å²) in [6.45, 7) is 4.74. The van der Waals surface area contributed by atoms with E-state index in [0.717, 1.165) is 0 Å². The predicted octanol–water partition coefficient (Wildman–Crippen LogP) is 1.58. The average Bonchev–Trinajstić information content (AvgIpc) is 2.86. The fraction of sp³-hybridized carbons (Fsp3) is 0.333. The molecule has 2 rings (SSSR count). The minimum atomic E-state index is -0.273. The van der Waals surface area contributed by atoms with Gasteiger partial charge >= 0.3 is 0 Å². The van der Waals surface area contributed by atoms with E-state index in [1.54, 1.807) is 17.7 Å². The molecule has 1 N–H and O–H groups in total. The molecule has 0 fully saturated rings. The number of hydrogen-bond acceptors (Lipinski definition) is 4. The van der Waals surface area contributed by atoms with Gasteiger partial charge in [-0.2, -0.15) is 5.10 Å². The molecule has 0 spiro atoms. The fourth-order valence-electron chi connectivity index (χ4n) is 1.67. The monoisotopic (exact) mass is 279 g/mol. The first-order valence-electron chi connectivity index (χ1n) is 5.89. The van der Waals surface area contributed by atoms with Crippen LogP contribution in [0.5, 0.6) is 0 Å². The molecular formula is C12H14ClN5O. The minimum absolute atomic E-state index is 0.273. The smallest absolute Gasteiger partial charge is 0.270 e. The van der Waals surface area contributed by atoms with E-state index in [1.807, 2.05) is 6.92 Å². The van der Waals surface area contributed by atoms with Gasteiger partial charge in [-0.05, 0) is 25.5 Å². The number of halogens is 1. The SMILES string of the molecule is CCn1ncnc1CNC(=O)c1nccc(Cl)c1C. The molecule has 2 aromatic heterocycles. The number of aromatic nitrogens is 4. The highest BCUT2D eigenvalue weighted by molar-refractivity contribution is 6.31. The van der Waals surface area contributed by atoms with Crippen LogP contribution >= 0.6 is 11.6 Å². The van der Waals surface area contributed by atoms with Crippen LogP contribution < -0.4 is 5.32 Å². The summed E-state index contributed by atoms with van der Waals surface area (Å²) in [6, 6.07) is 1.65. The first-order valence-corrected chi connectivity index (χ1v) is 6.27. The molecule has 0 saturated heterocycles. The van der Waals surface area contributed by atoms with E-state index in [4.69, 9.17) is 11.6 Å². The number of carbonyl (C=O) groups excluding carboxylic acids is 1. The summed E-state index contributed by atoms with van der Waals surface area (Å²) in [6.07, 6.45) is 2.98. The summed E-state index contributed by atoms with van der Waals surface area (Å²) < 4.78 is 1.72. The zero-order valence-corrected chi connectivity index (χ0v) is 11.5. The Morgan fingerprint density at radius 1 is 1.47 bits per heavy atom. The number of nitrogens with zero attached hydrogens (tertiary/aromatic N) is 4. The van der Waals surface area contributed by atoms with Crippen molar-refractivity contribution in [2.24, 2.45) is 0 Å². The van der Waals surface area contributed by atoms with Crippen molar-refractivity contribution in [3.05, 3.63) is 40.7 Å². The molecule has 19 heavy (non-hydrogen) atoms. The summed E-state index contributed by atoms with van der Waals surface area (Å²) in [5, 5.41) is 7.32. The van der Waals surface area contributed by atoms with Crippen molar-refractivity contribution < 1.29 is 4.79 Å². The Morgan fingerprint density at radius 3 is 3.00 bits per heavy atom. The Kier molecular flexibility index (Phi) is 4.11. The third-order valence-corrected chi connectivity index (χ3v) is 3.16. The third kappa shape index (κ3) is 2.90. The zero-order chi connectivity index (χ0) is 13.8. The largest absolute Gasteiger partial charge is 0.343 e. The maximum atomic E-state index is 12.0. The molecule has 1 amide bonds. The highest BCUT2D eigenvalue weighted by Crippen LogP contribution is 2.16. The third-order valence-electron chi connectivity index (χ3n) is 2.76. The highest BCUT2D eigenvalue weighted by Gasteiger charge is 2.13. The van der Waals surface area contributed by atoms with Crippen LogP contribution in [0.3, 0.4) is 0 Å². The molecule has 0 aliphatic heterocycles. The Balaban J connectivity index is 2.08. The van der Waals surface area contributed by atoms with Gasteiger partial charge in [0.1, 0.15) is 17.8 Å². The Bertz CT molecular complexity index is 596. The van der Waals surface area contributed by atoms with Crippen molar-refractivity contribution in [1.29, 1.82) is 0 Å². The standard InChI is InChI=1S/C12H14ClN5O/c1-3-18-10(16-7-17-18)6-15-12(19)11-8(2)9(13)4-5-14-11/h4-5,7H,3,6H2,1-2H3,(H,15,19).